The van der Waals surface area contributed by atoms with E-state index in [0.29, 0.717) is 29.3 Å². The molecular formula is C22H20N4O4S. The van der Waals surface area contributed by atoms with Crippen LogP contribution in [0.1, 0.15) is 37.7 Å². The normalized spacial score (nSPS) is 12.7. The Morgan fingerprint density at radius 2 is 1.81 bits per heavy atom. The quantitative estimate of drug-likeness (QED) is 0.545. The van der Waals surface area contributed by atoms with Crippen LogP contribution in [0.5, 0.6) is 5.75 Å². The fraction of sp³-hybridized carbons (Fsp3) is 0.227. The highest BCUT2D eigenvalue weighted by atomic mass is 32.1. The van der Waals surface area contributed by atoms with Crippen LogP contribution >= 0.6 is 11.3 Å². The van der Waals surface area contributed by atoms with Gasteiger partial charge in [-0.3, -0.25) is 19.3 Å². The summed E-state index contributed by atoms with van der Waals surface area (Å²) in [6, 6.07) is 14.4. The fourth-order valence-electron chi connectivity index (χ4n) is 3.20. The molecule has 1 N–H and O–H groups in total. The highest BCUT2D eigenvalue weighted by Gasteiger charge is 2.34. The first-order chi connectivity index (χ1) is 15.0. The monoisotopic (exact) mass is 436 g/mol. The van der Waals surface area contributed by atoms with Crippen LogP contribution in [-0.4, -0.2) is 46.0 Å². The Morgan fingerprint density at radius 1 is 1.06 bits per heavy atom. The van der Waals surface area contributed by atoms with E-state index in [2.05, 4.69) is 15.5 Å². The summed E-state index contributed by atoms with van der Waals surface area (Å²) < 4.78 is 5.71. The van der Waals surface area contributed by atoms with Crippen molar-refractivity contribution in [2.45, 2.75) is 19.8 Å². The van der Waals surface area contributed by atoms with Crippen LogP contribution in [0.2, 0.25) is 0 Å². The molecule has 0 saturated carbocycles. The minimum absolute atomic E-state index is 0.00811. The SMILES string of the molecule is Cc1cccc(OCCc2nnc(NC(=O)CCN3C(=O)c4ccccc4C3=O)s2)c1. The van der Waals surface area contributed by atoms with E-state index in [-0.39, 0.29) is 30.7 Å². The summed E-state index contributed by atoms with van der Waals surface area (Å²) in [5, 5.41) is 11.8. The van der Waals surface area contributed by atoms with E-state index in [9.17, 15) is 14.4 Å². The van der Waals surface area contributed by atoms with Gasteiger partial charge in [-0.2, -0.15) is 0 Å². The van der Waals surface area contributed by atoms with E-state index in [4.69, 9.17) is 4.74 Å². The van der Waals surface area contributed by atoms with Crippen molar-refractivity contribution in [3.05, 3.63) is 70.2 Å². The summed E-state index contributed by atoms with van der Waals surface area (Å²) in [5.74, 6) is -0.290. The third-order valence-electron chi connectivity index (χ3n) is 4.73. The number of hydrogen-bond donors (Lipinski definition) is 1. The average molecular weight is 436 g/mol. The van der Waals surface area contributed by atoms with Gasteiger partial charge >= 0.3 is 0 Å². The minimum Gasteiger partial charge on any atom is -0.493 e. The third kappa shape index (κ3) is 4.77. The molecule has 2 aromatic carbocycles. The Kier molecular flexibility index (Phi) is 6.03. The van der Waals surface area contributed by atoms with E-state index in [0.717, 1.165) is 21.2 Å². The molecule has 0 spiro atoms. The topological polar surface area (TPSA) is 101 Å². The van der Waals surface area contributed by atoms with Crippen molar-refractivity contribution in [3.8, 4) is 5.75 Å². The van der Waals surface area contributed by atoms with Crippen LogP contribution in [0.25, 0.3) is 0 Å². The molecule has 2 heterocycles. The van der Waals surface area contributed by atoms with Gasteiger partial charge in [0.2, 0.25) is 11.0 Å². The van der Waals surface area contributed by atoms with Crippen LogP contribution in [-0.2, 0) is 11.2 Å². The summed E-state index contributed by atoms with van der Waals surface area (Å²) in [4.78, 5) is 38.0. The van der Waals surface area contributed by atoms with Gasteiger partial charge in [0.25, 0.3) is 11.8 Å². The Morgan fingerprint density at radius 3 is 2.52 bits per heavy atom. The average Bonchev–Trinajstić information content (AvgIpc) is 3.29. The molecule has 0 aliphatic carbocycles. The number of aryl methyl sites for hydroxylation is 1. The largest absolute Gasteiger partial charge is 0.493 e. The van der Waals surface area contributed by atoms with Crippen molar-refractivity contribution in [2.24, 2.45) is 0 Å². The lowest BCUT2D eigenvalue weighted by molar-refractivity contribution is -0.116. The lowest BCUT2D eigenvalue weighted by Gasteiger charge is -2.12. The minimum atomic E-state index is -0.375. The molecule has 0 unspecified atom stereocenters. The molecule has 158 valence electrons. The van der Waals surface area contributed by atoms with Gasteiger partial charge < -0.3 is 10.1 Å². The van der Waals surface area contributed by atoms with Crippen LogP contribution in [0.4, 0.5) is 5.13 Å². The molecule has 1 aromatic heterocycles. The van der Waals surface area contributed by atoms with Gasteiger partial charge in [0.15, 0.2) is 0 Å². The first kappa shape index (κ1) is 20.7. The van der Waals surface area contributed by atoms with Gasteiger partial charge in [0, 0.05) is 19.4 Å². The van der Waals surface area contributed by atoms with Crippen LogP contribution in [0, 0.1) is 6.92 Å². The molecule has 1 aliphatic rings. The zero-order valence-corrected chi connectivity index (χ0v) is 17.6. The molecule has 0 fully saturated rings. The van der Waals surface area contributed by atoms with Crippen molar-refractivity contribution in [1.29, 1.82) is 0 Å². The summed E-state index contributed by atoms with van der Waals surface area (Å²) in [6.07, 6.45) is 0.549. The van der Waals surface area contributed by atoms with Crippen LogP contribution in [0.3, 0.4) is 0 Å². The molecule has 0 saturated heterocycles. The van der Waals surface area contributed by atoms with Gasteiger partial charge in [-0.15, -0.1) is 10.2 Å². The van der Waals surface area contributed by atoms with Gasteiger partial charge in [-0.25, -0.2) is 0 Å². The number of fused-ring (bicyclic) bond motifs is 1. The predicted molar refractivity (Wildman–Crippen MR) is 115 cm³/mol. The lowest BCUT2D eigenvalue weighted by atomic mass is 10.1. The highest BCUT2D eigenvalue weighted by Crippen LogP contribution is 2.23. The highest BCUT2D eigenvalue weighted by molar-refractivity contribution is 7.15. The number of aromatic nitrogens is 2. The molecule has 0 atom stereocenters. The molecule has 4 rings (SSSR count). The van der Waals surface area contributed by atoms with Crippen molar-refractivity contribution in [1.82, 2.24) is 15.1 Å². The second-order valence-electron chi connectivity index (χ2n) is 7.02. The first-order valence-corrected chi connectivity index (χ1v) is 10.6. The molecule has 8 nitrogen and oxygen atoms in total. The molecule has 31 heavy (non-hydrogen) atoms. The summed E-state index contributed by atoms with van der Waals surface area (Å²) >= 11 is 1.27. The lowest BCUT2D eigenvalue weighted by Crippen LogP contribution is -2.32. The Labute approximate surface area is 182 Å². The predicted octanol–water partition coefficient (Wildman–Crippen LogP) is 3.09. The second-order valence-corrected chi connectivity index (χ2v) is 8.08. The fourth-order valence-corrected chi connectivity index (χ4v) is 3.94. The first-order valence-electron chi connectivity index (χ1n) is 9.78. The maximum atomic E-state index is 12.3. The number of ether oxygens (including phenoxy) is 1. The summed E-state index contributed by atoms with van der Waals surface area (Å²) in [6.45, 7) is 2.46. The summed E-state index contributed by atoms with van der Waals surface area (Å²) in [5.41, 5.74) is 1.86. The molecule has 3 amide bonds. The van der Waals surface area contributed by atoms with Crippen molar-refractivity contribution in [3.63, 3.8) is 0 Å². The number of nitrogens with one attached hydrogen (secondary N) is 1. The zero-order chi connectivity index (χ0) is 21.8. The maximum absolute atomic E-state index is 12.3. The molecule has 3 aromatic rings. The van der Waals surface area contributed by atoms with E-state index in [1.165, 1.54) is 11.3 Å². The Bertz CT molecular complexity index is 1110. The van der Waals surface area contributed by atoms with E-state index >= 15 is 0 Å². The number of rotatable bonds is 8. The number of benzene rings is 2. The van der Waals surface area contributed by atoms with Crippen molar-refractivity contribution in [2.75, 3.05) is 18.5 Å². The number of nitrogens with zero attached hydrogens (tertiary/aromatic N) is 3. The maximum Gasteiger partial charge on any atom is 0.261 e. The Hall–Kier alpha value is -3.59. The smallest absolute Gasteiger partial charge is 0.261 e. The summed E-state index contributed by atoms with van der Waals surface area (Å²) in [7, 11) is 0. The third-order valence-corrected chi connectivity index (χ3v) is 5.63. The van der Waals surface area contributed by atoms with Gasteiger partial charge in [0.1, 0.15) is 10.8 Å². The van der Waals surface area contributed by atoms with Crippen molar-refractivity contribution < 1.29 is 19.1 Å². The molecule has 9 heteroatoms. The number of hydrogen-bond acceptors (Lipinski definition) is 7. The number of anilines is 1. The number of imide groups is 1. The number of carbonyl (C=O) groups excluding carboxylic acids is 3. The van der Waals surface area contributed by atoms with Crippen LogP contribution in [0.15, 0.2) is 48.5 Å². The Balaban J connectivity index is 1.24. The zero-order valence-electron chi connectivity index (χ0n) is 16.8. The van der Waals surface area contributed by atoms with Gasteiger partial charge in [-0.05, 0) is 36.8 Å². The van der Waals surface area contributed by atoms with Crippen LogP contribution < -0.4 is 10.1 Å². The van der Waals surface area contributed by atoms with E-state index in [1.54, 1.807) is 24.3 Å². The molecular weight excluding hydrogens is 416 g/mol. The van der Waals surface area contributed by atoms with Crippen molar-refractivity contribution >= 4 is 34.2 Å². The molecule has 0 bridgehead atoms. The number of amides is 3. The van der Waals surface area contributed by atoms with E-state index < -0.39 is 0 Å². The van der Waals surface area contributed by atoms with E-state index in [1.807, 2.05) is 31.2 Å². The van der Waals surface area contributed by atoms with Gasteiger partial charge in [0.05, 0.1) is 17.7 Å². The molecule has 0 radical (unpaired) electrons. The second kappa shape index (κ2) is 9.05. The number of carbonyl (C=O) groups is 3. The van der Waals surface area contributed by atoms with Gasteiger partial charge in [-0.1, -0.05) is 35.6 Å². The standard InChI is InChI=1S/C22H20N4O4S/c1-14-5-4-6-15(13-14)30-12-10-19-24-25-22(31-19)23-18(27)9-11-26-20(28)16-7-2-3-8-17(16)21(26)29/h2-8,13H,9-12H2,1H3,(H,23,25,27). The molecule has 1 aliphatic heterocycles.